The molecular weight excluding hydrogens is 516 g/mol. The molecule has 2 aromatic carbocycles. The van der Waals surface area contributed by atoms with E-state index in [2.05, 4.69) is 21.3 Å². The van der Waals surface area contributed by atoms with Gasteiger partial charge < -0.3 is 31.1 Å². The lowest BCUT2D eigenvalue weighted by Crippen LogP contribution is -2.57. The van der Waals surface area contributed by atoms with Gasteiger partial charge in [0.15, 0.2) is 0 Å². The van der Waals surface area contributed by atoms with E-state index in [1.54, 1.807) is 50.2 Å². The van der Waals surface area contributed by atoms with Crippen molar-refractivity contribution in [3.8, 4) is 0 Å². The van der Waals surface area contributed by atoms with E-state index in [1.807, 2.05) is 24.3 Å². The second-order valence-electron chi connectivity index (χ2n) is 10.1. The smallest absolute Gasteiger partial charge is 0.408 e. The van der Waals surface area contributed by atoms with Gasteiger partial charge >= 0.3 is 12.1 Å². The second-order valence-corrected chi connectivity index (χ2v) is 10.1. The van der Waals surface area contributed by atoms with Crippen LogP contribution in [0.2, 0.25) is 0 Å². The van der Waals surface area contributed by atoms with Crippen LogP contribution in [-0.4, -0.2) is 59.6 Å². The van der Waals surface area contributed by atoms with Gasteiger partial charge in [-0.3, -0.25) is 14.4 Å². The highest BCUT2D eigenvalue weighted by Crippen LogP contribution is 2.17. The number of aliphatic carboxylic acids is 1. The molecule has 3 unspecified atom stereocenters. The van der Waals surface area contributed by atoms with Crippen LogP contribution in [0.5, 0.6) is 0 Å². The highest BCUT2D eigenvalue weighted by molar-refractivity contribution is 5.93. The number of rotatable bonds is 13. The van der Waals surface area contributed by atoms with Gasteiger partial charge in [-0.25, -0.2) is 9.59 Å². The minimum atomic E-state index is -1.32. The first-order chi connectivity index (χ1) is 19.1. The maximum absolute atomic E-state index is 13.3. The van der Waals surface area contributed by atoms with Gasteiger partial charge in [-0.15, -0.1) is 0 Å². The van der Waals surface area contributed by atoms with Crippen molar-refractivity contribution in [2.75, 3.05) is 6.54 Å². The fourth-order valence-corrected chi connectivity index (χ4v) is 4.40. The number of benzene rings is 2. The molecule has 2 aromatic rings. The third-order valence-electron chi connectivity index (χ3n) is 6.65. The number of hydrogen-bond acceptors (Lipinski definition) is 6. The molecule has 4 atom stereocenters. The maximum atomic E-state index is 13.3. The van der Waals surface area contributed by atoms with Crippen molar-refractivity contribution in [2.45, 2.75) is 57.8 Å². The monoisotopic (exact) mass is 552 g/mol. The van der Waals surface area contributed by atoms with E-state index in [-0.39, 0.29) is 31.3 Å². The van der Waals surface area contributed by atoms with Gasteiger partial charge in [0.2, 0.25) is 17.7 Å². The predicted octanol–water partition coefficient (Wildman–Crippen LogP) is 1.76. The molecule has 1 saturated heterocycles. The van der Waals surface area contributed by atoms with Gasteiger partial charge in [0.05, 0.1) is 0 Å². The molecule has 0 saturated carbocycles. The zero-order valence-corrected chi connectivity index (χ0v) is 22.6. The van der Waals surface area contributed by atoms with Gasteiger partial charge in [0.25, 0.3) is 0 Å². The second kappa shape index (κ2) is 14.7. The molecule has 4 amide bonds. The molecule has 1 aliphatic heterocycles. The number of nitrogens with one attached hydrogen (secondary N) is 4. The summed E-state index contributed by atoms with van der Waals surface area (Å²) >= 11 is 0. The number of hydrogen-bond donors (Lipinski definition) is 5. The zero-order chi connectivity index (χ0) is 29.1. The molecule has 0 spiro atoms. The van der Waals surface area contributed by atoms with Crippen molar-refractivity contribution in [3.63, 3.8) is 0 Å². The van der Waals surface area contributed by atoms with Gasteiger partial charge in [-0.1, -0.05) is 74.5 Å². The van der Waals surface area contributed by atoms with Crippen LogP contribution in [0, 0.1) is 11.8 Å². The van der Waals surface area contributed by atoms with E-state index in [0.29, 0.717) is 13.0 Å². The molecule has 0 aromatic heterocycles. The van der Waals surface area contributed by atoms with E-state index >= 15 is 0 Å². The Balaban J connectivity index is 1.70. The first kappa shape index (κ1) is 30.1. The van der Waals surface area contributed by atoms with Crippen molar-refractivity contribution in [1.29, 1.82) is 0 Å². The number of carboxylic acids is 1. The van der Waals surface area contributed by atoms with Gasteiger partial charge in [0, 0.05) is 18.9 Å². The molecule has 11 nitrogen and oxygen atoms in total. The summed E-state index contributed by atoms with van der Waals surface area (Å²) in [6, 6.07) is 14.5. The van der Waals surface area contributed by atoms with E-state index in [4.69, 9.17) is 4.74 Å². The van der Waals surface area contributed by atoms with E-state index in [1.165, 1.54) is 0 Å². The number of carboxylic acid groups (broad SMARTS) is 1. The van der Waals surface area contributed by atoms with Crippen LogP contribution < -0.4 is 21.3 Å². The lowest BCUT2D eigenvalue weighted by Gasteiger charge is -2.26. The summed E-state index contributed by atoms with van der Waals surface area (Å²) in [7, 11) is 0. The standard InChI is InChI=1S/C29H36N4O7/c1-18(2)24(33-29(39)40-17-20-11-7-4-8-12-20)27(36)31-22(15-19-9-5-3-6-10-19)26(35)32-23(28(37)38)16-21-13-14-30-25(21)34/h3-12,18,21-24H,13-17H2,1-2H3,(H,30,34)(H,31,36)(H,32,35)(H,33,39)(H,37,38)/t21-,22?,23?,24?/m0/s1. The zero-order valence-electron chi connectivity index (χ0n) is 22.6. The highest BCUT2D eigenvalue weighted by atomic mass is 16.5. The average molecular weight is 553 g/mol. The molecule has 0 bridgehead atoms. The Bertz CT molecular complexity index is 1170. The number of alkyl carbamates (subject to hydrolysis) is 1. The Morgan fingerprint density at radius 3 is 2.05 bits per heavy atom. The fourth-order valence-electron chi connectivity index (χ4n) is 4.40. The third kappa shape index (κ3) is 9.11. The maximum Gasteiger partial charge on any atom is 0.408 e. The van der Waals surface area contributed by atoms with Crippen LogP contribution in [0.15, 0.2) is 60.7 Å². The molecule has 0 aliphatic carbocycles. The average Bonchev–Trinajstić information content (AvgIpc) is 3.34. The van der Waals surface area contributed by atoms with Crippen LogP contribution in [-0.2, 0) is 36.9 Å². The summed E-state index contributed by atoms with van der Waals surface area (Å²) in [6.45, 7) is 3.95. The fraction of sp³-hybridized carbons (Fsp3) is 0.414. The molecule has 11 heteroatoms. The Morgan fingerprint density at radius 2 is 1.50 bits per heavy atom. The molecule has 3 rings (SSSR count). The Hall–Kier alpha value is -4.41. The van der Waals surface area contributed by atoms with Crippen LogP contribution >= 0.6 is 0 Å². The van der Waals surface area contributed by atoms with Crippen molar-refractivity contribution >= 4 is 29.8 Å². The lowest BCUT2D eigenvalue weighted by molar-refractivity contribution is -0.143. The molecule has 1 aliphatic rings. The quantitative estimate of drug-likeness (QED) is 0.253. The number of amides is 4. The summed E-state index contributed by atoms with van der Waals surface area (Å²) in [4.78, 5) is 63.0. The van der Waals surface area contributed by atoms with Gasteiger partial charge in [0.1, 0.15) is 24.7 Å². The number of carbonyl (C=O) groups is 5. The first-order valence-electron chi connectivity index (χ1n) is 13.3. The minimum absolute atomic E-state index is 0.0216. The Kier molecular flexibility index (Phi) is 11.0. The Labute approximate surface area is 233 Å². The summed E-state index contributed by atoms with van der Waals surface area (Å²) in [5.74, 6) is -3.74. The van der Waals surface area contributed by atoms with E-state index < -0.39 is 47.9 Å². The lowest BCUT2D eigenvalue weighted by atomic mass is 9.97. The van der Waals surface area contributed by atoms with Crippen molar-refractivity contribution in [3.05, 3.63) is 71.8 Å². The highest BCUT2D eigenvalue weighted by Gasteiger charge is 2.34. The number of ether oxygens (including phenoxy) is 1. The van der Waals surface area contributed by atoms with Crippen LogP contribution in [0.25, 0.3) is 0 Å². The topological polar surface area (TPSA) is 163 Å². The molecule has 1 fully saturated rings. The third-order valence-corrected chi connectivity index (χ3v) is 6.65. The normalized spacial score (nSPS) is 16.8. The van der Waals surface area contributed by atoms with Crippen molar-refractivity contribution < 1.29 is 33.8 Å². The summed E-state index contributed by atoms with van der Waals surface area (Å²) in [6.07, 6.45) is -0.298. The van der Waals surface area contributed by atoms with Crippen molar-refractivity contribution in [1.82, 2.24) is 21.3 Å². The summed E-state index contributed by atoms with van der Waals surface area (Å²) < 4.78 is 5.25. The summed E-state index contributed by atoms with van der Waals surface area (Å²) in [5, 5.41) is 20.1. The molecule has 1 heterocycles. The first-order valence-corrected chi connectivity index (χ1v) is 13.3. The SMILES string of the molecule is CC(C)C(NC(=O)OCc1ccccc1)C(=O)NC(Cc1ccccc1)C(=O)NC(C[C@@H]1CCNC1=O)C(=O)O. The molecule has 40 heavy (non-hydrogen) atoms. The van der Waals surface area contributed by atoms with Gasteiger partial charge in [-0.05, 0) is 29.9 Å². The predicted molar refractivity (Wildman–Crippen MR) is 146 cm³/mol. The van der Waals surface area contributed by atoms with Crippen LogP contribution in [0.1, 0.15) is 37.8 Å². The van der Waals surface area contributed by atoms with E-state index in [9.17, 15) is 29.1 Å². The van der Waals surface area contributed by atoms with Crippen LogP contribution in [0.4, 0.5) is 4.79 Å². The van der Waals surface area contributed by atoms with E-state index in [0.717, 1.165) is 11.1 Å². The van der Waals surface area contributed by atoms with Crippen molar-refractivity contribution in [2.24, 2.45) is 11.8 Å². The Morgan fingerprint density at radius 1 is 0.900 bits per heavy atom. The molecule has 214 valence electrons. The van der Waals surface area contributed by atoms with Gasteiger partial charge in [-0.2, -0.15) is 0 Å². The molecule has 5 N–H and O–H groups in total. The number of carbonyl (C=O) groups excluding carboxylic acids is 4. The largest absolute Gasteiger partial charge is 0.480 e. The molecular formula is C29H36N4O7. The summed E-state index contributed by atoms with van der Waals surface area (Å²) in [5.41, 5.74) is 1.52. The molecule has 0 radical (unpaired) electrons. The minimum Gasteiger partial charge on any atom is -0.480 e. The van der Waals surface area contributed by atoms with Crippen LogP contribution in [0.3, 0.4) is 0 Å².